The van der Waals surface area contributed by atoms with Crippen LogP contribution in [0.4, 0.5) is 0 Å². The second-order valence-electron chi connectivity index (χ2n) is 3.19. The van der Waals surface area contributed by atoms with Crippen LogP contribution >= 0.6 is 0 Å². The van der Waals surface area contributed by atoms with E-state index in [4.69, 9.17) is 10.00 Å². The molecule has 0 spiro atoms. The van der Waals surface area contributed by atoms with Crippen LogP contribution in [0.5, 0.6) is 0 Å². The second kappa shape index (κ2) is 3.21. The lowest BCUT2D eigenvalue weighted by Crippen LogP contribution is -2.47. The van der Waals surface area contributed by atoms with E-state index in [0.717, 1.165) is 13.0 Å². The lowest BCUT2D eigenvalue weighted by atomic mass is 9.95. The van der Waals surface area contributed by atoms with Gasteiger partial charge in [0.2, 0.25) is 0 Å². The summed E-state index contributed by atoms with van der Waals surface area (Å²) in [6, 6.07) is 2.07. The van der Waals surface area contributed by atoms with Crippen LogP contribution in [0.15, 0.2) is 0 Å². The summed E-state index contributed by atoms with van der Waals surface area (Å²) in [5, 5.41) is 11.5. The predicted octanol–water partition coefficient (Wildman–Crippen LogP) is 0.667. The van der Waals surface area contributed by atoms with E-state index in [9.17, 15) is 0 Å². The molecule has 0 amide bonds. The summed E-state index contributed by atoms with van der Waals surface area (Å²) in [6.07, 6.45) is 1.21. The van der Waals surface area contributed by atoms with E-state index in [-0.39, 0.29) is 11.6 Å². The minimum Gasteiger partial charge on any atom is -0.377 e. The van der Waals surface area contributed by atoms with Gasteiger partial charge in [0.05, 0.1) is 18.7 Å². The molecule has 1 saturated heterocycles. The van der Waals surface area contributed by atoms with E-state index in [0.29, 0.717) is 6.54 Å². The normalized spacial score (nSPS) is 37.0. The van der Waals surface area contributed by atoms with Gasteiger partial charge in [0.1, 0.15) is 0 Å². The standard InChI is InChI=1S/C8H14N2O/c1-7-8(2,3-6-11-7)10-5-4-9/h7,10H,3,5-6H2,1-2H3. The van der Waals surface area contributed by atoms with Crippen molar-refractivity contribution >= 4 is 0 Å². The summed E-state index contributed by atoms with van der Waals surface area (Å²) in [4.78, 5) is 0. The molecule has 3 nitrogen and oxygen atoms in total. The van der Waals surface area contributed by atoms with Crippen molar-refractivity contribution in [3.63, 3.8) is 0 Å². The van der Waals surface area contributed by atoms with Gasteiger partial charge in [-0.2, -0.15) is 5.26 Å². The first-order valence-electron chi connectivity index (χ1n) is 3.92. The highest BCUT2D eigenvalue weighted by atomic mass is 16.5. The molecule has 0 bridgehead atoms. The SMILES string of the molecule is CC1OCCC1(C)NCC#N. The molecule has 1 rings (SSSR count). The molecule has 0 aromatic heterocycles. The third kappa shape index (κ3) is 1.70. The molecule has 0 saturated carbocycles. The van der Waals surface area contributed by atoms with Gasteiger partial charge in [-0.15, -0.1) is 0 Å². The zero-order chi connectivity index (χ0) is 8.32. The van der Waals surface area contributed by atoms with Crippen molar-refractivity contribution in [2.75, 3.05) is 13.2 Å². The van der Waals surface area contributed by atoms with Crippen LogP contribution in [0.25, 0.3) is 0 Å². The Bertz CT molecular complexity index is 175. The fraction of sp³-hybridized carbons (Fsp3) is 0.875. The van der Waals surface area contributed by atoms with Crippen LogP contribution in [-0.2, 0) is 4.74 Å². The van der Waals surface area contributed by atoms with Crippen molar-refractivity contribution in [3.05, 3.63) is 0 Å². The van der Waals surface area contributed by atoms with Crippen LogP contribution in [-0.4, -0.2) is 24.8 Å². The Kier molecular flexibility index (Phi) is 2.48. The average Bonchev–Trinajstić information content (AvgIpc) is 2.30. The lowest BCUT2D eigenvalue weighted by Gasteiger charge is -2.27. The highest BCUT2D eigenvalue weighted by molar-refractivity contribution is 4.95. The van der Waals surface area contributed by atoms with Crippen molar-refractivity contribution in [1.82, 2.24) is 5.32 Å². The van der Waals surface area contributed by atoms with Crippen LogP contribution in [0.3, 0.4) is 0 Å². The molecule has 1 aliphatic heterocycles. The van der Waals surface area contributed by atoms with Gasteiger partial charge in [-0.1, -0.05) is 0 Å². The first-order valence-corrected chi connectivity index (χ1v) is 3.92. The number of rotatable bonds is 2. The van der Waals surface area contributed by atoms with Crippen LogP contribution in [0.1, 0.15) is 20.3 Å². The van der Waals surface area contributed by atoms with E-state index in [2.05, 4.69) is 18.3 Å². The fourth-order valence-corrected chi connectivity index (χ4v) is 1.31. The molecule has 1 aliphatic rings. The number of hydrogen-bond acceptors (Lipinski definition) is 3. The van der Waals surface area contributed by atoms with Gasteiger partial charge in [0.25, 0.3) is 0 Å². The molecule has 11 heavy (non-hydrogen) atoms. The number of nitriles is 1. The summed E-state index contributed by atoms with van der Waals surface area (Å²) >= 11 is 0. The minimum atomic E-state index is 0.00965. The Labute approximate surface area is 67.3 Å². The van der Waals surface area contributed by atoms with E-state index in [1.54, 1.807) is 0 Å². The van der Waals surface area contributed by atoms with Crippen LogP contribution in [0, 0.1) is 11.3 Å². The Morgan fingerprint density at radius 3 is 3.00 bits per heavy atom. The molecular formula is C8H14N2O. The van der Waals surface area contributed by atoms with E-state index in [1.807, 2.05) is 6.92 Å². The van der Waals surface area contributed by atoms with Crippen molar-refractivity contribution in [3.8, 4) is 6.07 Å². The molecule has 2 unspecified atom stereocenters. The van der Waals surface area contributed by atoms with Gasteiger partial charge in [-0.05, 0) is 20.3 Å². The largest absolute Gasteiger partial charge is 0.377 e. The minimum absolute atomic E-state index is 0.00965. The molecule has 3 heteroatoms. The molecule has 1 heterocycles. The highest BCUT2D eigenvalue weighted by Crippen LogP contribution is 2.24. The monoisotopic (exact) mass is 154 g/mol. The zero-order valence-corrected chi connectivity index (χ0v) is 7.05. The smallest absolute Gasteiger partial charge is 0.0845 e. The average molecular weight is 154 g/mol. The maximum Gasteiger partial charge on any atom is 0.0845 e. The number of hydrogen-bond donors (Lipinski definition) is 1. The fourth-order valence-electron chi connectivity index (χ4n) is 1.31. The maximum absolute atomic E-state index is 8.37. The zero-order valence-electron chi connectivity index (χ0n) is 7.05. The summed E-state index contributed by atoms with van der Waals surface area (Å²) in [6.45, 7) is 5.35. The first kappa shape index (κ1) is 8.51. The van der Waals surface area contributed by atoms with E-state index >= 15 is 0 Å². The lowest BCUT2D eigenvalue weighted by molar-refractivity contribution is 0.0902. The Balaban J connectivity index is 2.45. The number of nitrogens with one attached hydrogen (secondary N) is 1. The van der Waals surface area contributed by atoms with Crippen molar-refractivity contribution in [1.29, 1.82) is 5.26 Å². The second-order valence-corrected chi connectivity index (χ2v) is 3.19. The summed E-state index contributed by atoms with van der Waals surface area (Å²) in [5.41, 5.74) is 0.00965. The van der Waals surface area contributed by atoms with Crippen LogP contribution in [0.2, 0.25) is 0 Å². The molecule has 1 fully saturated rings. The van der Waals surface area contributed by atoms with E-state index < -0.39 is 0 Å². The molecule has 1 N–H and O–H groups in total. The van der Waals surface area contributed by atoms with E-state index in [1.165, 1.54) is 0 Å². The maximum atomic E-state index is 8.37. The molecule has 0 aromatic carbocycles. The van der Waals surface area contributed by atoms with Crippen molar-refractivity contribution in [2.24, 2.45) is 0 Å². The summed E-state index contributed by atoms with van der Waals surface area (Å²) in [7, 11) is 0. The third-order valence-corrected chi connectivity index (χ3v) is 2.46. The van der Waals surface area contributed by atoms with Gasteiger partial charge in [-0.3, -0.25) is 5.32 Å². The number of ether oxygens (including phenoxy) is 1. The predicted molar refractivity (Wildman–Crippen MR) is 42.1 cm³/mol. The highest BCUT2D eigenvalue weighted by Gasteiger charge is 2.36. The third-order valence-electron chi connectivity index (χ3n) is 2.46. The Morgan fingerprint density at radius 1 is 1.82 bits per heavy atom. The summed E-state index contributed by atoms with van der Waals surface area (Å²) in [5.74, 6) is 0. The molecule has 0 aromatic rings. The van der Waals surface area contributed by atoms with Gasteiger partial charge < -0.3 is 4.74 Å². The molecular weight excluding hydrogens is 140 g/mol. The topological polar surface area (TPSA) is 45.0 Å². The Hall–Kier alpha value is -0.590. The van der Waals surface area contributed by atoms with Gasteiger partial charge in [0, 0.05) is 12.1 Å². The molecule has 2 atom stereocenters. The summed E-state index contributed by atoms with van der Waals surface area (Å²) < 4.78 is 5.39. The van der Waals surface area contributed by atoms with Gasteiger partial charge >= 0.3 is 0 Å². The van der Waals surface area contributed by atoms with Crippen molar-refractivity contribution in [2.45, 2.75) is 31.9 Å². The van der Waals surface area contributed by atoms with Gasteiger partial charge in [-0.25, -0.2) is 0 Å². The van der Waals surface area contributed by atoms with Gasteiger partial charge in [0.15, 0.2) is 0 Å². The molecule has 0 aliphatic carbocycles. The first-order chi connectivity index (χ1) is 5.19. The Morgan fingerprint density at radius 2 is 2.55 bits per heavy atom. The van der Waals surface area contributed by atoms with Crippen molar-refractivity contribution < 1.29 is 4.74 Å². The molecule has 62 valence electrons. The van der Waals surface area contributed by atoms with Crippen LogP contribution < -0.4 is 5.32 Å². The number of nitrogens with zero attached hydrogens (tertiary/aromatic N) is 1. The molecule has 0 radical (unpaired) electrons. The quantitative estimate of drug-likeness (QED) is 0.594.